The Bertz CT molecular complexity index is 1580. The number of anilines is 1. The molecule has 0 aliphatic heterocycles. The Hall–Kier alpha value is -2.09. The zero-order valence-electron chi connectivity index (χ0n) is 30.8. The van der Waals surface area contributed by atoms with Crippen LogP contribution in [-0.2, 0) is 30.6 Å². The fraction of sp³-hybridized carbons (Fsp3) is 0.789. The summed E-state index contributed by atoms with van der Waals surface area (Å²) >= 11 is 6.18. The summed E-state index contributed by atoms with van der Waals surface area (Å²) in [4.78, 5) is 25.9. The fourth-order valence-corrected chi connectivity index (χ4v) is 11.5. The highest BCUT2D eigenvalue weighted by Crippen LogP contribution is 2.68. The van der Waals surface area contributed by atoms with Crippen molar-refractivity contribution < 1.29 is 45.6 Å². The molecule has 5 rings (SSSR count). The summed E-state index contributed by atoms with van der Waals surface area (Å²) in [5, 5.41) is 17.3. The van der Waals surface area contributed by atoms with Crippen LogP contribution in [0.1, 0.15) is 104 Å². The zero-order chi connectivity index (χ0) is 38.4. The van der Waals surface area contributed by atoms with Crippen LogP contribution in [0.3, 0.4) is 0 Å². The van der Waals surface area contributed by atoms with Crippen molar-refractivity contribution >= 4 is 39.3 Å². The molecule has 52 heavy (non-hydrogen) atoms. The highest BCUT2D eigenvalue weighted by Gasteiger charge is 2.63. The Kier molecular flexibility index (Phi) is 12.3. The van der Waals surface area contributed by atoms with Crippen molar-refractivity contribution in [3.05, 3.63) is 28.8 Å². The number of amides is 1. The summed E-state index contributed by atoms with van der Waals surface area (Å²) in [5.41, 5.74) is -0.583. The second kappa shape index (κ2) is 15.6. The van der Waals surface area contributed by atoms with Gasteiger partial charge in [-0.15, -0.1) is 0 Å². The van der Waals surface area contributed by atoms with E-state index in [1.165, 1.54) is 6.07 Å². The lowest BCUT2D eigenvalue weighted by Gasteiger charge is -2.62. The number of carbonyl (C=O) groups excluding carboxylic acids is 2. The molecule has 4 fully saturated rings. The minimum atomic E-state index is -4.53. The van der Waals surface area contributed by atoms with Gasteiger partial charge in [-0.05, 0) is 128 Å². The summed E-state index contributed by atoms with van der Waals surface area (Å²) in [6.07, 6.45) is 2.70. The molecule has 0 spiro atoms. The van der Waals surface area contributed by atoms with Crippen LogP contribution in [0.2, 0.25) is 5.02 Å². The van der Waals surface area contributed by atoms with Gasteiger partial charge in [0.25, 0.3) is 10.1 Å². The maximum absolute atomic E-state index is 13.5. The number of rotatable bonds is 12. The van der Waals surface area contributed by atoms with Gasteiger partial charge < -0.3 is 20.5 Å². The SMILES string of the molecule is CC(C)[C@H](Nc1ccc(C(F)(F)F)cc1Cl)C(=O)O[C@@H]1CC[C@@]2(C)[C@@H](C1)C[C@@H](O)C1[C@@H]2CC[C@]2(C)[C@@H]([C@H](C)CCC(=O)NCCS(=O)(=O)O)CC[C@@H]12. The predicted molar refractivity (Wildman–Crippen MR) is 193 cm³/mol. The Labute approximate surface area is 311 Å². The Morgan fingerprint density at radius 3 is 2.35 bits per heavy atom. The van der Waals surface area contributed by atoms with E-state index in [4.69, 9.17) is 20.9 Å². The van der Waals surface area contributed by atoms with Gasteiger partial charge in [0.2, 0.25) is 5.91 Å². The molecular formula is C38H56ClF3N2O7S. The number of hydrogen-bond donors (Lipinski definition) is 4. The Balaban J connectivity index is 1.19. The molecule has 4 saturated carbocycles. The summed E-state index contributed by atoms with van der Waals surface area (Å²) in [6, 6.07) is 2.21. The molecule has 11 atom stereocenters. The van der Waals surface area contributed by atoms with E-state index in [-0.39, 0.29) is 63.8 Å². The van der Waals surface area contributed by atoms with Gasteiger partial charge in [0, 0.05) is 13.0 Å². The van der Waals surface area contributed by atoms with Gasteiger partial charge in [0.1, 0.15) is 12.1 Å². The van der Waals surface area contributed by atoms with Crippen LogP contribution in [-0.4, -0.2) is 60.5 Å². The summed E-state index contributed by atoms with van der Waals surface area (Å²) in [5.74, 6) is 0.378. The Morgan fingerprint density at radius 1 is 1.04 bits per heavy atom. The predicted octanol–water partition coefficient (Wildman–Crippen LogP) is 7.76. The third-order valence-corrected chi connectivity index (χ3v) is 14.7. The van der Waals surface area contributed by atoms with Crippen molar-refractivity contribution in [2.24, 2.45) is 52.3 Å². The molecule has 14 heteroatoms. The second-order valence-electron chi connectivity index (χ2n) is 17.1. The van der Waals surface area contributed by atoms with E-state index >= 15 is 0 Å². The van der Waals surface area contributed by atoms with Gasteiger partial charge >= 0.3 is 12.1 Å². The number of aliphatic hydroxyl groups excluding tert-OH is 1. The van der Waals surface area contributed by atoms with Crippen molar-refractivity contribution in [1.82, 2.24) is 5.32 Å². The zero-order valence-corrected chi connectivity index (χ0v) is 32.4. The molecule has 4 aliphatic rings. The van der Waals surface area contributed by atoms with Crippen molar-refractivity contribution in [3.63, 3.8) is 0 Å². The molecule has 0 aromatic heterocycles. The molecule has 294 valence electrons. The van der Waals surface area contributed by atoms with Crippen LogP contribution in [0.15, 0.2) is 18.2 Å². The fourth-order valence-electron chi connectivity index (χ4n) is 10.9. The maximum Gasteiger partial charge on any atom is 0.416 e. The summed E-state index contributed by atoms with van der Waals surface area (Å²) < 4.78 is 76.4. The van der Waals surface area contributed by atoms with Crippen molar-refractivity contribution in [2.45, 2.75) is 123 Å². The minimum absolute atomic E-state index is 0.00142. The molecule has 0 saturated heterocycles. The first-order valence-corrected chi connectivity index (χ1v) is 20.9. The number of aliphatic hydroxyl groups is 1. The van der Waals surface area contributed by atoms with Crippen molar-refractivity contribution in [3.8, 4) is 0 Å². The number of benzene rings is 1. The van der Waals surface area contributed by atoms with E-state index < -0.39 is 45.7 Å². The average Bonchev–Trinajstić information content (AvgIpc) is 3.39. The molecule has 0 radical (unpaired) electrons. The molecule has 1 amide bonds. The van der Waals surface area contributed by atoms with Crippen LogP contribution in [0.25, 0.3) is 0 Å². The minimum Gasteiger partial charge on any atom is -0.461 e. The van der Waals surface area contributed by atoms with Crippen molar-refractivity contribution in [1.29, 1.82) is 0 Å². The van der Waals surface area contributed by atoms with E-state index in [0.29, 0.717) is 49.9 Å². The van der Waals surface area contributed by atoms with Crippen LogP contribution < -0.4 is 10.6 Å². The first-order chi connectivity index (χ1) is 24.1. The van der Waals surface area contributed by atoms with Gasteiger partial charge in [-0.3, -0.25) is 9.35 Å². The second-order valence-corrected chi connectivity index (χ2v) is 19.0. The van der Waals surface area contributed by atoms with Gasteiger partial charge in [-0.25, -0.2) is 4.79 Å². The number of alkyl halides is 3. The summed E-state index contributed by atoms with van der Waals surface area (Å²) in [6.45, 7) is 10.5. The molecule has 1 aromatic rings. The number of carbonyl (C=O) groups is 2. The molecule has 4 aliphatic carbocycles. The van der Waals surface area contributed by atoms with E-state index in [1.807, 2.05) is 13.8 Å². The van der Waals surface area contributed by atoms with Crippen LogP contribution in [0, 0.1) is 52.3 Å². The van der Waals surface area contributed by atoms with Gasteiger partial charge in [0.15, 0.2) is 0 Å². The first-order valence-electron chi connectivity index (χ1n) is 18.9. The van der Waals surface area contributed by atoms with E-state index in [2.05, 4.69) is 31.4 Å². The topological polar surface area (TPSA) is 142 Å². The maximum atomic E-state index is 13.5. The van der Waals surface area contributed by atoms with Crippen LogP contribution >= 0.6 is 11.6 Å². The van der Waals surface area contributed by atoms with E-state index in [1.54, 1.807) is 0 Å². The lowest BCUT2D eigenvalue weighted by Crippen LogP contribution is -2.59. The van der Waals surface area contributed by atoms with Gasteiger partial charge in [-0.2, -0.15) is 21.6 Å². The molecular weight excluding hydrogens is 721 g/mol. The van der Waals surface area contributed by atoms with Gasteiger partial charge in [0.05, 0.1) is 28.1 Å². The average molecular weight is 777 g/mol. The van der Waals surface area contributed by atoms with E-state index in [0.717, 1.165) is 44.2 Å². The molecule has 9 nitrogen and oxygen atoms in total. The van der Waals surface area contributed by atoms with Crippen LogP contribution in [0.5, 0.6) is 0 Å². The first kappa shape index (κ1) is 41.1. The highest BCUT2D eigenvalue weighted by molar-refractivity contribution is 7.85. The number of hydrogen-bond acceptors (Lipinski definition) is 7. The molecule has 1 aromatic carbocycles. The number of nitrogens with one attached hydrogen (secondary N) is 2. The van der Waals surface area contributed by atoms with Crippen LogP contribution in [0.4, 0.5) is 18.9 Å². The highest BCUT2D eigenvalue weighted by atomic mass is 35.5. The number of ether oxygens (including phenoxy) is 1. The monoisotopic (exact) mass is 776 g/mol. The molecule has 0 heterocycles. The third kappa shape index (κ3) is 8.73. The lowest BCUT2D eigenvalue weighted by atomic mass is 9.43. The third-order valence-electron chi connectivity index (χ3n) is 13.7. The lowest BCUT2D eigenvalue weighted by molar-refractivity contribution is -0.183. The summed E-state index contributed by atoms with van der Waals surface area (Å²) in [7, 11) is -4.13. The largest absolute Gasteiger partial charge is 0.461 e. The molecule has 4 N–H and O–H groups in total. The number of halogens is 4. The quantitative estimate of drug-likeness (QED) is 0.125. The van der Waals surface area contributed by atoms with Crippen molar-refractivity contribution in [2.75, 3.05) is 17.6 Å². The molecule has 0 bridgehead atoms. The smallest absolute Gasteiger partial charge is 0.416 e. The van der Waals surface area contributed by atoms with Gasteiger partial charge in [-0.1, -0.05) is 46.2 Å². The number of fused-ring (bicyclic) bond motifs is 5. The molecule has 1 unspecified atom stereocenters. The van der Waals surface area contributed by atoms with E-state index in [9.17, 15) is 36.3 Å². The Morgan fingerprint density at radius 2 is 1.71 bits per heavy atom. The standard InChI is InChI=1S/C38H56ClF3N2O7S/c1-21(2)34(44-30-10-7-23(19-29(30)39)38(40,41)42)35(47)51-25-12-14-36(4)24(18-25)20-31(45)33-27-9-8-26(37(27,5)15-13-28(33)36)22(3)6-11-32(46)43-16-17-52(48,49)50/h7,10,19,21-22,24-28,31,33-34,44-45H,6,8-9,11-18,20H2,1-5H3,(H,43,46)(H,48,49,50)/t22-,24+,25-,26-,27+,28+,31-,33?,34+,36+,37-/m1/s1. The number of esters is 1. The normalized spacial score (nSPS) is 34.4.